The number of fused-ring (bicyclic) bond motifs is 1. The number of nitrogens with one attached hydrogen (secondary N) is 3. The highest BCUT2D eigenvalue weighted by molar-refractivity contribution is 5.92. The molecule has 0 aliphatic carbocycles. The molecule has 0 saturated carbocycles. The largest absolute Gasteiger partial charge is 0.396 e. The van der Waals surface area contributed by atoms with Crippen LogP contribution in [0.5, 0.6) is 0 Å². The summed E-state index contributed by atoms with van der Waals surface area (Å²) in [5, 5.41) is 17.6. The first kappa shape index (κ1) is 13.4. The molecule has 0 saturated heterocycles. The van der Waals surface area contributed by atoms with Gasteiger partial charge in [-0.05, 0) is 12.1 Å². The van der Waals surface area contributed by atoms with Crippen molar-refractivity contribution in [2.45, 2.75) is 13.8 Å². The monoisotopic (exact) mass is 263 g/mol. The number of aliphatic hydroxyl groups is 1. The van der Waals surface area contributed by atoms with Gasteiger partial charge in [0.25, 0.3) is 11.1 Å². The van der Waals surface area contributed by atoms with Gasteiger partial charge in [0.2, 0.25) is 0 Å². The van der Waals surface area contributed by atoms with E-state index in [0.717, 1.165) is 0 Å². The van der Waals surface area contributed by atoms with Crippen molar-refractivity contribution in [1.82, 2.24) is 10.2 Å². The van der Waals surface area contributed by atoms with Crippen LogP contribution in [0.3, 0.4) is 0 Å². The molecule has 1 heterocycles. The van der Waals surface area contributed by atoms with Gasteiger partial charge >= 0.3 is 0 Å². The maximum Gasteiger partial charge on any atom is 0.272 e. The summed E-state index contributed by atoms with van der Waals surface area (Å²) in [6.07, 6.45) is 0. The van der Waals surface area contributed by atoms with E-state index < -0.39 is 0 Å². The Morgan fingerprint density at radius 2 is 1.89 bits per heavy atom. The van der Waals surface area contributed by atoms with Crippen molar-refractivity contribution in [1.29, 1.82) is 0 Å². The summed E-state index contributed by atoms with van der Waals surface area (Å²) in [7, 11) is 0. The van der Waals surface area contributed by atoms with Gasteiger partial charge in [0.15, 0.2) is 0 Å². The zero-order valence-electron chi connectivity index (χ0n) is 10.9. The van der Waals surface area contributed by atoms with Gasteiger partial charge in [-0.2, -0.15) is 0 Å². The molecule has 0 amide bonds. The molecule has 0 fully saturated rings. The van der Waals surface area contributed by atoms with E-state index in [0.29, 0.717) is 23.0 Å². The number of hydrogen-bond acceptors (Lipinski definition) is 4. The number of aliphatic hydroxyl groups excluding tert-OH is 1. The summed E-state index contributed by atoms with van der Waals surface area (Å²) in [5.41, 5.74) is -0.401. The molecule has 1 aromatic heterocycles. The fourth-order valence-electron chi connectivity index (χ4n) is 1.77. The van der Waals surface area contributed by atoms with Crippen LogP contribution in [0.1, 0.15) is 13.8 Å². The minimum absolute atomic E-state index is 0.0295. The molecular weight excluding hydrogens is 246 g/mol. The number of aromatic amines is 2. The van der Waals surface area contributed by atoms with E-state index in [2.05, 4.69) is 15.5 Å². The highest BCUT2D eigenvalue weighted by Crippen LogP contribution is 2.20. The molecule has 0 unspecified atom stereocenters. The van der Waals surface area contributed by atoms with Gasteiger partial charge in [0.05, 0.1) is 10.8 Å². The van der Waals surface area contributed by atoms with E-state index >= 15 is 0 Å². The summed E-state index contributed by atoms with van der Waals surface area (Å²) >= 11 is 0. The number of H-pyrrole nitrogens is 2. The lowest BCUT2D eigenvalue weighted by molar-refractivity contribution is 0.171. The molecule has 0 spiro atoms. The Kier molecular flexibility index (Phi) is 3.44. The Labute approximate surface area is 109 Å². The van der Waals surface area contributed by atoms with Gasteiger partial charge in [-0.25, -0.2) is 0 Å². The van der Waals surface area contributed by atoms with Gasteiger partial charge in [0.1, 0.15) is 0 Å². The van der Waals surface area contributed by atoms with Gasteiger partial charge in [0, 0.05) is 24.3 Å². The average Bonchev–Trinajstić information content (AvgIpc) is 2.41. The van der Waals surface area contributed by atoms with Crippen LogP contribution in [0, 0.1) is 5.41 Å². The molecule has 6 nitrogen and oxygen atoms in total. The molecule has 1 aromatic carbocycles. The van der Waals surface area contributed by atoms with Gasteiger partial charge in [-0.3, -0.25) is 19.8 Å². The topological polar surface area (TPSA) is 98.0 Å². The van der Waals surface area contributed by atoms with Crippen LogP contribution >= 0.6 is 0 Å². The predicted molar refractivity (Wildman–Crippen MR) is 74.5 cm³/mol. The summed E-state index contributed by atoms with van der Waals surface area (Å²) in [6, 6.07) is 5.06. The van der Waals surface area contributed by atoms with Gasteiger partial charge in [-0.15, -0.1) is 0 Å². The number of rotatable bonds is 4. The molecular formula is C13H17N3O3. The second-order valence-corrected chi connectivity index (χ2v) is 5.31. The first-order valence-corrected chi connectivity index (χ1v) is 6.03. The Hall–Kier alpha value is -2.08. The highest BCUT2D eigenvalue weighted by atomic mass is 16.3. The smallest absolute Gasteiger partial charge is 0.272 e. The predicted octanol–water partition coefficient (Wildman–Crippen LogP) is 0.647. The van der Waals surface area contributed by atoms with E-state index in [1.165, 1.54) is 0 Å². The number of anilines is 1. The lowest BCUT2D eigenvalue weighted by Gasteiger charge is -2.22. The minimum Gasteiger partial charge on any atom is -0.396 e. The molecule has 19 heavy (non-hydrogen) atoms. The summed E-state index contributed by atoms with van der Waals surface area (Å²) in [4.78, 5) is 23.5. The molecule has 0 bridgehead atoms. The van der Waals surface area contributed by atoms with Crippen molar-refractivity contribution in [3.8, 4) is 0 Å². The Morgan fingerprint density at radius 3 is 2.58 bits per heavy atom. The van der Waals surface area contributed by atoms with Crippen molar-refractivity contribution in [3.63, 3.8) is 0 Å². The molecule has 4 N–H and O–H groups in total. The van der Waals surface area contributed by atoms with Crippen molar-refractivity contribution in [2.75, 3.05) is 18.5 Å². The average molecular weight is 263 g/mol. The Bertz CT molecular complexity index is 700. The third-order valence-corrected chi connectivity index (χ3v) is 3.01. The number of hydrogen-bond donors (Lipinski definition) is 4. The SMILES string of the molecule is CC(C)(CO)CNc1cccc2c(=O)[nH][nH]c(=O)c12. The number of aromatic nitrogens is 2. The summed E-state index contributed by atoms with van der Waals surface area (Å²) < 4.78 is 0. The Balaban J connectivity index is 2.48. The van der Waals surface area contributed by atoms with Gasteiger partial charge in [-0.1, -0.05) is 19.9 Å². The molecule has 0 aliphatic heterocycles. The summed E-state index contributed by atoms with van der Waals surface area (Å²) in [6.45, 7) is 4.33. The fourth-order valence-corrected chi connectivity index (χ4v) is 1.77. The minimum atomic E-state index is -0.348. The van der Waals surface area contributed by atoms with Gasteiger partial charge < -0.3 is 10.4 Å². The normalized spacial score (nSPS) is 11.7. The molecule has 0 radical (unpaired) electrons. The van der Waals surface area contributed by atoms with Crippen LogP contribution in [0.15, 0.2) is 27.8 Å². The highest BCUT2D eigenvalue weighted by Gasteiger charge is 2.17. The molecule has 0 atom stereocenters. The molecule has 6 heteroatoms. The van der Waals surface area contributed by atoms with E-state index in [4.69, 9.17) is 0 Å². The molecule has 102 valence electrons. The fraction of sp³-hybridized carbons (Fsp3) is 0.385. The number of benzene rings is 1. The Morgan fingerprint density at radius 1 is 1.21 bits per heavy atom. The van der Waals surface area contributed by atoms with Crippen molar-refractivity contribution >= 4 is 16.5 Å². The maximum absolute atomic E-state index is 11.8. The van der Waals surface area contributed by atoms with Crippen molar-refractivity contribution in [2.24, 2.45) is 5.41 Å². The standard InChI is InChI=1S/C13H17N3O3/c1-13(2,7-17)6-14-9-5-3-4-8-10(9)12(19)16-15-11(8)18/h3-5,14,17H,6-7H2,1-2H3,(H,15,18)(H,16,19). The second kappa shape index (κ2) is 4.89. The van der Waals surface area contributed by atoms with E-state index in [1.807, 2.05) is 13.8 Å². The van der Waals surface area contributed by atoms with Crippen LogP contribution in [0.2, 0.25) is 0 Å². The third kappa shape index (κ3) is 2.68. The van der Waals surface area contributed by atoms with E-state index in [-0.39, 0.29) is 23.1 Å². The molecule has 2 rings (SSSR count). The molecule has 0 aliphatic rings. The van der Waals surface area contributed by atoms with E-state index in [9.17, 15) is 14.7 Å². The first-order chi connectivity index (χ1) is 8.94. The van der Waals surface area contributed by atoms with Crippen LogP contribution in [-0.4, -0.2) is 28.5 Å². The van der Waals surface area contributed by atoms with E-state index in [1.54, 1.807) is 18.2 Å². The van der Waals surface area contributed by atoms with Crippen LogP contribution in [0.25, 0.3) is 10.8 Å². The summed E-state index contributed by atoms with van der Waals surface area (Å²) in [5.74, 6) is 0. The molecule has 2 aromatic rings. The third-order valence-electron chi connectivity index (χ3n) is 3.01. The lowest BCUT2D eigenvalue weighted by atomic mass is 9.95. The quantitative estimate of drug-likeness (QED) is 0.651. The zero-order chi connectivity index (χ0) is 14.0. The zero-order valence-corrected chi connectivity index (χ0v) is 10.9. The second-order valence-electron chi connectivity index (χ2n) is 5.31. The van der Waals surface area contributed by atoms with Crippen molar-refractivity contribution in [3.05, 3.63) is 38.9 Å². The first-order valence-electron chi connectivity index (χ1n) is 6.03. The maximum atomic E-state index is 11.8. The lowest BCUT2D eigenvalue weighted by Crippen LogP contribution is -2.28. The van der Waals surface area contributed by atoms with Crippen LogP contribution in [0.4, 0.5) is 5.69 Å². The van der Waals surface area contributed by atoms with Crippen LogP contribution in [-0.2, 0) is 0 Å². The van der Waals surface area contributed by atoms with Crippen LogP contribution < -0.4 is 16.4 Å². The van der Waals surface area contributed by atoms with Crippen molar-refractivity contribution < 1.29 is 5.11 Å².